The van der Waals surface area contributed by atoms with Crippen molar-refractivity contribution in [2.45, 2.75) is 31.6 Å². The van der Waals surface area contributed by atoms with Crippen molar-refractivity contribution in [1.82, 2.24) is 0 Å². The van der Waals surface area contributed by atoms with Gasteiger partial charge in [0.2, 0.25) is 0 Å². The summed E-state index contributed by atoms with van der Waals surface area (Å²) < 4.78 is 10.3. The number of nitro benzene ring substituents is 1. The van der Waals surface area contributed by atoms with Gasteiger partial charge in [-0.05, 0) is 19.4 Å². The second-order valence-corrected chi connectivity index (χ2v) is 4.90. The Morgan fingerprint density at radius 2 is 1.84 bits per heavy atom. The Bertz CT molecular complexity index is 462. The maximum absolute atomic E-state index is 11.2. The standard InChI is InChI=1S/C13H18ClNO4/c1-5-9(8(2)14)10-6-12(18-3)13(19-4)7-11(10)15(16)17/h6-9H,5H2,1-4H3. The molecule has 0 bridgehead atoms. The van der Waals surface area contributed by atoms with E-state index in [9.17, 15) is 10.1 Å². The van der Waals surface area contributed by atoms with Crippen LogP contribution >= 0.6 is 11.6 Å². The summed E-state index contributed by atoms with van der Waals surface area (Å²) in [4.78, 5) is 10.8. The van der Waals surface area contributed by atoms with Gasteiger partial charge in [-0.3, -0.25) is 10.1 Å². The van der Waals surface area contributed by atoms with Crippen LogP contribution in [0, 0.1) is 10.1 Å². The predicted molar refractivity (Wildman–Crippen MR) is 74.5 cm³/mol. The molecule has 6 heteroatoms. The van der Waals surface area contributed by atoms with E-state index in [2.05, 4.69) is 0 Å². The van der Waals surface area contributed by atoms with Gasteiger partial charge in [0.05, 0.1) is 25.2 Å². The molecule has 1 aromatic carbocycles. The molecule has 19 heavy (non-hydrogen) atoms. The molecule has 0 radical (unpaired) electrons. The van der Waals surface area contributed by atoms with E-state index < -0.39 is 4.92 Å². The summed E-state index contributed by atoms with van der Waals surface area (Å²) in [6, 6.07) is 3.03. The van der Waals surface area contributed by atoms with Gasteiger partial charge in [-0.1, -0.05) is 6.92 Å². The van der Waals surface area contributed by atoms with E-state index in [4.69, 9.17) is 21.1 Å². The normalized spacial score (nSPS) is 13.7. The van der Waals surface area contributed by atoms with Gasteiger partial charge in [-0.25, -0.2) is 0 Å². The average molecular weight is 288 g/mol. The molecule has 1 aromatic rings. The number of hydrogen-bond acceptors (Lipinski definition) is 4. The molecule has 0 amide bonds. The Morgan fingerprint density at radius 1 is 1.32 bits per heavy atom. The third-order valence-corrected chi connectivity index (χ3v) is 3.43. The zero-order valence-corrected chi connectivity index (χ0v) is 12.2. The van der Waals surface area contributed by atoms with Gasteiger partial charge in [-0.2, -0.15) is 0 Å². The molecular weight excluding hydrogens is 270 g/mol. The van der Waals surface area contributed by atoms with Crippen LogP contribution in [0.5, 0.6) is 11.5 Å². The molecule has 0 spiro atoms. The monoisotopic (exact) mass is 287 g/mol. The smallest absolute Gasteiger partial charge is 0.276 e. The van der Waals surface area contributed by atoms with Gasteiger partial charge in [0.25, 0.3) is 5.69 Å². The zero-order valence-electron chi connectivity index (χ0n) is 11.5. The molecule has 0 aliphatic heterocycles. The highest BCUT2D eigenvalue weighted by Crippen LogP contribution is 2.40. The summed E-state index contributed by atoms with van der Waals surface area (Å²) in [6.45, 7) is 3.78. The molecule has 0 aliphatic rings. The lowest BCUT2D eigenvalue weighted by atomic mass is 9.91. The molecule has 0 saturated carbocycles. The first-order valence-electron chi connectivity index (χ1n) is 6.00. The Morgan fingerprint density at radius 3 is 2.21 bits per heavy atom. The second kappa shape index (κ2) is 6.61. The highest BCUT2D eigenvalue weighted by Gasteiger charge is 2.27. The van der Waals surface area contributed by atoms with Gasteiger partial charge in [0, 0.05) is 16.9 Å². The molecule has 2 unspecified atom stereocenters. The van der Waals surface area contributed by atoms with Crippen molar-refractivity contribution in [3.63, 3.8) is 0 Å². The molecule has 5 nitrogen and oxygen atoms in total. The number of nitrogens with zero attached hydrogens (tertiary/aromatic N) is 1. The summed E-state index contributed by atoms with van der Waals surface area (Å²) in [5, 5.41) is 11.0. The van der Waals surface area contributed by atoms with Crippen LogP contribution in [0.2, 0.25) is 0 Å². The van der Waals surface area contributed by atoms with Crippen LogP contribution in [0.4, 0.5) is 5.69 Å². The number of hydrogen-bond donors (Lipinski definition) is 0. The number of nitro groups is 1. The lowest BCUT2D eigenvalue weighted by Gasteiger charge is -2.19. The molecular formula is C13H18ClNO4. The Balaban J connectivity index is 3.46. The molecule has 0 saturated heterocycles. The maximum Gasteiger partial charge on any atom is 0.276 e. The number of methoxy groups -OCH3 is 2. The molecule has 0 aliphatic carbocycles. The van der Waals surface area contributed by atoms with E-state index in [0.717, 1.165) is 0 Å². The quantitative estimate of drug-likeness (QED) is 0.454. The second-order valence-electron chi connectivity index (χ2n) is 4.22. The Hall–Kier alpha value is -1.49. The Kier molecular flexibility index (Phi) is 5.42. The minimum Gasteiger partial charge on any atom is -0.493 e. The molecule has 0 fully saturated rings. The van der Waals surface area contributed by atoms with Gasteiger partial charge >= 0.3 is 0 Å². The highest BCUT2D eigenvalue weighted by atomic mass is 35.5. The average Bonchev–Trinajstić information content (AvgIpc) is 2.38. The number of alkyl halides is 1. The summed E-state index contributed by atoms with van der Waals surface area (Å²) in [5.41, 5.74) is 0.588. The summed E-state index contributed by atoms with van der Waals surface area (Å²) in [6.07, 6.45) is 0.709. The van der Waals surface area contributed by atoms with E-state index in [1.54, 1.807) is 6.07 Å². The highest BCUT2D eigenvalue weighted by molar-refractivity contribution is 6.20. The van der Waals surface area contributed by atoms with Crippen molar-refractivity contribution >= 4 is 17.3 Å². The van der Waals surface area contributed by atoms with Crippen LogP contribution in [0.3, 0.4) is 0 Å². The minimum absolute atomic E-state index is 0.0111. The predicted octanol–water partition coefficient (Wildman–Crippen LogP) is 3.73. The number of rotatable bonds is 6. The first kappa shape index (κ1) is 15.6. The molecule has 2 atom stereocenters. The Labute approximate surface area is 117 Å². The lowest BCUT2D eigenvalue weighted by molar-refractivity contribution is -0.385. The summed E-state index contributed by atoms with van der Waals surface area (Å²) in [5.74, 6) is 0.704. The maximum atomic E-state index is 11.2. The molecule has 0 heterocycles. The first-order valence-corrected chi connectivity index (χ1v) is 6.44. The van der Waals surface area contributed by atoms with E-state index in [-0.39, 0.29) is 17.0 Å². The van der Waals surface area contributed by atoms with Crippen LogP contribution in [0.1, 0.15) is 31.7 Å². The molecule has 0 N–H and O–H groups in total. The van der Waals surface area contributed by atoms with Crippen LogP contribution in [-0.2, 0) is 0 Å². The summed E-state index contributed by atoms with van der Waals surface area (Å²) in [7, 11) is 2.95. The molecule has 106 valence electrons. The van der Waals surface area contributed by atoms with E-state index in [1.165, 1.54) is 20.3 Å². The third kappa shape index (κ3) is 3.29. The number of benzene rings is 1. The molecule has 1 rings (SSSR count). The SMILES string of the molecule is CCC(c1cc(OC)c(OC)cc1[N+](=O)[O-])C(C)Cl. The fraction of sp³-hybridized carbons (Fsp3) is 0.538. The zero-order chi connectivity index (χ0) is 14.6. The van der Waals surface area contributed by atoms with Gasteiger partial charge in [0.1, 0.15) is 0 Å². The lowest BCUT2D eigenvalue weighted by Crippen LogP contribution is -2.11. The van der Waals surface area contributed by atoms with Crippen molar-refractivity contribution < 1.29 is 14.4 Å². The van der Waals surface area contributed by atoms with Crippen LogP contribution < -0.4 is 9.47 Å². The van der Waals surface area contributed by atoms with Crippen molar-refractivity contribution in [1.29, 1.82) is 0 Å². The largest absolute Gasteiger partial charge is 0.493 e. The minimum atomic E-state index is -0.417. The van der Waals surface area contributed by atoms with Crippen molar-refractivity contribution in [2.24, 2.45) is 0 Å². The van der Waals surface area contributed by atoms with Gasteiger partial charge < -0.3 is 9.47 Å². The van der Waals surface area contributed by atoms with Gasteiger partial charge in [0.15, 0.2) is 11.5 Å². The number of halogens is 1. The fourth-order valence-corrected chi connectivity index (χ4v) is 2.45. The van der Waals surface area contributed by atoms with Crippen LogP contribution in [0.25, 0.3) is 0 Å². The third-order valence-electron chi connectivity index (χ3n) is 3.12. The molecule has 0 aromatic heterocycles. The van der Waals surface area contributed by atoms with Crippen molar-refractivity contribution in [2.75, 3.05) is 14.2 Å². The van der Waals surface area contributed by atoms with Crippen molar-refractivity contribution in [3.05, 3.63) is 27.8 Å². The van der Waals surface area contributed by atoms with E-state index in [0.29, 0.717) is 23.5 Å². The van der Waals surface area contributed by atoms with Crippen LogP contribution in [0.15, 0.2) is 12.1 Å². The van der Waals surface area contributed by atoms with Gasteiger partial charge in [-0.15, -0.1) is 11.6 Å². The van der Waals surface area contributed by atoms with E-state index >= 15 is 0 Å². The first-order chi connectivity index (χ1) is 8.96. The van der Waals surface area contributed by atoms with Crippen molar-refractivity contribution in [3.8, 4) is 11.5 Å². The summed E-state index contributed by atoms with van der Waals surface area (Å²) >= 11 is 6.13. The van der Waals surface area contributed by atoms with E-state index in [1.807, 2.05) is 13.8 Å². The fourth-order valence-electron chi connectivity index (χ4n) is 2.13. The number of ether oxygens (including phenoxy) is 2. The topological polar surface area (TPSA) is 61.6 Å². The van der Waals surface area contributed by atoms with Crippen LogP contribution in [-0.4, -0.2) is 24.5 Å².